The number of nitrogens with zero attached hydrogens (tertiary/aromatic N) is 3. The van der Waals surface area contributed by atoms with Crippen molar-refractivity contribution >= 4 is 46.8 Å². The number of rotatable bonds is 7. The van der Waals surface area contributed by atoms with E-state index in [-0.39, 0.29) is 37.5 Å². The fourth-order valence-electron chi connectivity index (χ4n) is 8.66. The second kappa shape index (κ2) is 11.8. The van der Waals surface area contributed by atoms with Crippen molar-refractivity contribution < 1.29 is 29.0 Å². The highest BCUT2D eigenvalue weighted by Gasteiger charge is 2.76. The van der Waals surface area contributed by atoms with E-state index < -0.39 is 45.2 Å². The van der Waals surface area contributed by atoms with Crippen LogP contribution in [0.4, 0.5) is 0 Å². The molecule has 9 nitrogen and oxygen atoms in total. The van der Waals surface area contributed by atoms with E-state index in [1.54, 1.807) is 24.3 Å². The second-order valence-corrected chi connectivity index (χ2v) is 14.4. The Morgan fingerprint density at radius 1 is 0.913 bits per heavy atom. The van der Waals surface area contributed by atoms with Crippen LogP contribution < -0.4 is 4.74 Å². The van der Waals surface area contributed by atoms with E-state index in [1.165, 1.54) is 17.5 Å². The molecule has 0 bridgehead atoms. The highest BCUT2D eigenvalue weighted by atomic mass is 35.5. The number of likely N-dealkylation sites (tertiary alicyclic amines) is 3. The standard InChI is InChI=1S/C35H37Cl2N3O6/c1-38-32(44)34(36)19-26-23(29(35(34,37)33(38)45)24-9-5-6-10-27(24)46-18-17-41)11-12-25-28(26)31(43)40(30(25)42)22-13-15-39(16-14-22)20-21-7-3-2-4-8-21/h2-11,22,25-26,28-29,41H,12-20H2,1H3/t25-,26+,28-,29+,34+,35-/m0/s1. The van der Waals surface area contributed by atoms with Gasteiger partial charge in [0.1, 0.15) is 12.4 Å². The Morgan fingerprint density at radius 3 is 2.33 bits per heavy atom. The number of fused-ring (bicyclic) bond motifs is 4. The van der Waals surface area contributed by atoms with Crippen LogP contribution in [0.1, 0.15) is 42.7 Å². The molecule has 1 saturated carbocycles. The van der Waals surface area contributed by atoms with Gasteiger partial charge in [-0.15, -0.1) is 23.2 Å². The summed E-state index contributed by atoms with van der Waals surface area (Å²) in [5.41, 5.74) is 2.50. The van der Waals surface area contributed by atoms with Gasteiger partial charge in [-0.2, -0.15) is 0 Å². The van der Waals surface area contributed by atoms with Gasteiger partial charge >= 0.3 is 0 Å². The summed E-state index contributed by atoms with van der Waals surface area (Å²) in [6.07, 6.45) is 3.59. The number of ether oxygens (including phenoxy) is 1. The number of imide groups is 2. The molecule has 6 atom stereocenters. The van der Waals surface area contributed by atoms with Crippen molar-refractivity contribution in [3.05, 3.63) is 77.4 Å². The molecule has 242 valence electrons. The first-order valence-electron chi connectivity index (χ1n) is 16.0. The Hall–Kier alpha value is -3.24. The SMILES string of the molecule is CN1C(=O)[C@]2(Cl)C[C@@H]3C(=CC[C@@H]4C(=O)N(C5CCN(Cc6ccccc6)CC5)C(=O)[C@@H]43)[C@H](c3ccccc3OCCO)[C@]2(Cl)C1=O. The maximum Gasteiger partial charge on any atom is 0.253 e. The zero-order valence-corrected chi connectivity index (χ0v) is 27.1. The number of allylic oxidation sites excluding steroid dienone is 2. The van der Waals surface area contributed by atoms with Gasteiger partial charge in [0.05, 0.1) is 18.4 Å². The third-order valence-corrected chi connectivity index (χ3v) is 12.2. The van der Waals surface area contributed by atoms with Gasteiger partial charge in [0.15, 0.2) is 9.75 Å². The third kappa shape index (κ3) is 4.57. The molecule has 0 radical (unpaired) electrons. The van der Waals surface area contributed by atoms with Gasteiger partial charge in [-0.05, 0) is 43.2 Å². The first kappa shape index (κ1) is 31.4. The number of para-hydroxylation sites is 1. The molecule has 2 aromatic carbocycles. The van der Waals surface area contributed by atoms with E-state index in [1.807, 2.05) is 24.3 Å². The molecular weight excluding hydrogens is 629 g/mol. The molecule has 4 fully saturated rings. The summed E-state index contributed by atoms with van der Waals surface area (Å²) < 4.78 is 5.88. The number of halogens is 2. The molecule has 2 aromatic rings. The van der Waals surface area contributed by atoms with Gasteiger partial charge in [0.2, 0.25) is 11.8 Å². The highest BCUT2D eigenvalue weighted by Crippen LogP contribution is 2.66. The van der Waals surface area contributed by atoms with Gasteiger partial charge in [-0.3, -0.25) is 33.9 Å². The number of benzene rings is 2. The fraction of sp³-hybridized carbons (Fsp3) is 0.486. The Kier molecular flexibility index (Phi) is 8.03. The van der Waals surface area contributed by atoms with Crippen LogP contribution in [0, 0.1) is 17.8 Å². The summed E-state index contributed by atoms with van der Waals surface area (Å²) in [6, 6.07) is 17.1. The molecule has 3 heterocycles. The van der Waals surface area contributed by atoms with Crippen molar-refractivity contribution in [2.75, 3.05) is 33.4 Å². The minimum absolute atomic E-state index is 0.0110. The van der Waals surface area contributed by atoms with Crippen LogP contribution in [0.5, 0.6) is 5.75 Å². The van der Waals surface area contributed by atoms with Crippen LogP contribution in [0.2, 0.25) is 0 Å². The lowest BCUT2D eigenvalue weighted by molar-refractivity contribution is -0.144. The largest absolute Gasteiger partial charge is 0.491 e. The van der Waals surface area contributed by atoms with Crippen LogP contribution in [0.25, 0.3) is 0 Å². The van der Waals surface area contributed by atoms with Crippen molar-refractivity contribution in [1.29, 1.82) is 0 Å². The van der Waals surface area contributed by atoms with E-state index in [4.69, 9.17) is 27.9 Å². The number of alkyl halides is 2. The number of hydrogen-bond donors (Lipinski definition) is 1. The molecule has 0 unspecified atom stereocenters. The van der Waals surface area contributed by atoms with Crippen molar-refractivity contribution in [2.24, 2.45) is 17.8 Å². The van der Waals surface area contributed by atoms with Gasteiger partial charge < -0.3 is 9.84 Å². The molecular formula is C35H37Cl2N3O6. The molecule has 1 N–H and O–H groups in total. The average molecular weight is 667 g/mol. The van der Waals surface area contributed by atoms with Crippen LogP contribution >= 0.6 is 23.2 Å². The topological polar surface area (TPSA) is 107 Å². The van der Waals surface area contributed by atoms with Gasteiger partial charge in [-0.1, -0.05) is 60.2 Å². The zero-order valence-electron chi connectivity index (χ0n) is 25.6. The smallest absolute Gasteiger partial charge is 0.253 e. The quantitative estimate of drug-likeness (QED) is 0.273. The number of piperidine rings is 1. The second-order valence-electron chi connectivity index (χ2n) is 13.1. The van der Waals surface area contributed by atoms with Gasteiger partial charge in [0, 0.05) is 44.2 Å². The molecule has 0 aromatic heterocycles. The molecule has 2 aliphatic carbocycles. The van der Waals surface area contributed by atoms with E-state index in [9.17, 15) is 24.3 Å². The Morgan fingerprint density at radius 2 is 1.61 bits per heavy atom. The van der Waals surface area contributed by atoms with Crippen LogP contribution in [-0.4, -0.2) is 92.6 Å². The third-order valence-electron chi connectivity index (χ3n) is 10.8. The summed E-state index contributed by atoms with van der Waals surface area (Å²) in [5, 5.41) is 9.47. The van der Waals surface area contributed by atoms with Crippen molar-refractivity contribution in [2.45, 2.75) is 53.9 Å². The summed E-state index contributed by atoms with van der Waals surface area (Å²) in [6.45, 7) is 2.15. The molecule has 11 heteroatoms. The van der Waals surface area contributed by atoms with E-state index in [0.717, 1.165) is 30.1 Å². The number of carbonyl (C=O) groups excluding carboxylic acids is 4. The molecule has 46 heavy (non-hydrogen) atoms. The predicted molar refractivity (Wildman–Crippen MR) is 171 cm³/mol. The number of aliphatic hydroxyl groups is 1. The lowest BCUT2D eigenvalue weighted by atomic mass is 9.56. The van der Waals surface area contributed by atoms with Crippen molar-refractivity contribution in [3.8, 4) is 5.75 Å². The summed E-state index contributed by atoms with van der Waals surface area (Å²) in [4.78, 5) is 57.1. The lowest BCUT2D eigenvalue weighted by Crippen LogP contribution is -2.60. The molecule has 5 aliphatic rings. The van der Waals surface area contributed by atoms with Crippen molar-refractivity contribution in [1.82, 2.24) is 14.7 Å². The summed E-state index contributed by atoms with van der Waals surface area (Å²) in [7, 11) is 1.37. The van der Waals surface area contributed by atoms with E-state index >= 15 is 0 Å². The average Bonchev–Trinajstić information content (AvgIpc) is 3.39. The minimum atomic E-state index is -1.88. The Bertz CT molecular complexity index is 1610. The number of aliphatic hydroxyl groups excluding tert-OH is 1. The molecule has 0 spiro atoms. The Balaban J connectivity index is 1.22. The highest BCUT2D eigenvalue weighted by molar-refractivity contribution is 6.53. The van der Waals surface area contributed by atoms with E-state index in [0.29, 0.717) is 30.6 Å². The number of hydrogen-bond acceptors (Lipinski definition) is 7. The maximum atomic E-state index is 14.4. The Labute approximate surface area is 278 Å². The van der Waals surface area contributed by atoms with Crippen LogP contribution in [0.15, 0.2) is 66.2 Å². The summed E-state index contributed by atoms with van der Waals surface area (Å²) >= 11 is 14.6. The first-order chi connectivity index (χ1) is 22.1. The monoisotopic (exact) mass is 665 g/mol. The zero-order chi connectivity index (χ0) is 32.4. The maximum absolute atomic E-state index is 14.4. The predicted octanol–water partition coefficient (Wildman–Crippen LogP) is 3.71. The molecule has 4 amide bonds. The van der Waals surface area contributed by atoms with E-state index in [2.05, 4.69) is 17.0 Å². The normalized spacial score (nSPS) is 33.2. The fourth-order valence-corrected chi connectivity index (χ4v) is 9.67. The lowest BCUT2D eigenvalue weighted by Gasteiger charge is -2.51. The summed E-state index contributed by atoms with van der Waals surface area (Å²) in [5.74, 6) is -4.01. The van der Waals surface area contributed by atoms with Gasteiger partial charge in [0.25, 0.3) is 11.8 Å². The van der Waals surface area contributed by atoms with Crippen LogP contribution in [0.3, 0.4) is 0 Å². The first-order valence-corrected chi connectivity index (χ1v) is 16.7. The minimum Gasteiger partial charge on any atom is -0.491 e. The van der Waals surface area contributed by atoms with Gasteiger partial charge in [-0.25, -0.2) is 0 Å². The number of carbonyl (C=O) groups is 4. The molecule has 7 rings (SSSR count). The van der Waals surface area contributed by atoms with Crippen molar-refractivity contribution in [3.63, 3.8) is 0 Å². The van der Waals surface area contributed by atoms with Crippen LogP contribution in [-0.2, 0) is 25.7 Å². The number of amides is 4. The molecule has 3 aliphatic heterocycles. The molecule has 3 saturated heterocycles.